The number of rotatable bonds is 9. The first-order chi connectivity index (χ1) is 14.3. The van der Waals surface area contributed by atoms with Crippen LogP contribution in [0.3, 0.4) is 0 Å². The van der Waals surface area contributed by atoms with E-state index in [1.165, 1.54) is 11.1 Å². The summed E-state index contributed by atoms with van der Waals surface area (Å²) in [6, 6.07) is 18.8. The second-order valence-electron chi connectivity index (χ2n) is 8.50. The molecule has 1 aliphatic heterocycles. The zero-order valence-corrected chi connectivity index (χ0v) is 18.4. The Bertz CT molecular complexity index is 806. The van der Waals surface area contributed by atoms with Gasteiger partial charge in [-0.1, -0.05) is 42.5 Å². The van der Waals surface area contributed by atoms with Gasteiger partial charge in [0.2, 0.25) is 5.91 Å². The van der Waals surface area contributed by atoms with Crippen LogP contribution in [-0.4, -0.2) is 32.1 Å². The fourth-order valence-corrected chi connectivity index (χ4v) is 4.55. The summed E-state index contributed by atoms with van der Waals surface area (Å²) in [5.41, 5.74) is 2.86. The first-order valence-corrected chi connectivity index (χ1v) is 11.0. The van der Waals surface area contributed by atoms with Crippen molar-refractivity contribution in [2.24, 2.45) is 11.3 Å². The minimum Gasteiger partial charge on any atom is -0.494 e. The van der Waals surface area contributed by atoms with Crippen LogP contribution in [0, 0.1) is 11.3 Å². The van der Waals surface area contributed by atoms with Crippen molar-refractivity contribution in [3.63, 3.8) is 0 Å². The highest BCUT2D eigenvalue weighted by Gasteiger charge is 2.57. The van der Waals surface area contributed by atoms with Crippen LogP contribution in [0.2, 0.25) is 0 Å². The first kappa shape index (κ1) is 22.6. The van der Waals surface area contributed by atoms with Gasteiger partial charge in [0, 0.05) is 12.5 Å². The summed E-state index contributed by atoms with van der Waals surface area (Å²) >= 11 is 0. The lowest BCUT2D eigenvalue weighted by molar-refractivity contribution is -0.123. The molecule has 2 fully saturated rings. The molecule has 0 bridgehead atoms. The molecule has 0 radical (unpaired) electrons. The van der Waals surface area contributed by atoms with Crippen LogP contribution in [0.25, 0.3) is 0 Å². The monoisotopic (exact) mass is 428 g/mol. The number of nitrogens with one attached hydrogen (secondary N) is 2. The third-order valence-corrected chi connectivity index (χ3v) is 6.44. The van der Waals surface area contributed by atoms with Crippen molar-refractivity contribution in [3.8, 4) is 5.75 Å². The predicted molar refractivity (Wildman–Crippen MR) is 123 cm³/mol. The number of piperidine rings is 1. The van der Waals surface area contributed by atoms with E-state index in [1.807, 2.05) is 18.2 Å². The van der Waals surface area contributed by atoms with Crippen LogP contribution in [0.5, 0.6) is 5.75 Å². The molecule has 1 heterocycles. The van der Waals surface area contributed by atoms with E-state index in [0.29, 0.717) is 18.6 Å². The smallest absolute Gasteiger partial charge is 0.223 e. The van der Waals surface area contributed by atoms with Crippen molar-refractivity contribution < 1.29 is 9.53 Å². The van der Waals surface area contributed by atoms with Crippen LogP contribution in [-0.2, 0) is 17.6 Å². The van der Waals surface area contributed by atoms with E-state index in [1.54, 1.807) is 0 Å². The molecule has 1 saturated heterocycles. The molecule has 162 valence electrons. The Morgan fingerprint density at radius 2 is 1.80 bits per heavy atom. The van der Waals surface area contributed by atoms with Gasteiger partial charge in [0.05, 0.1) is 6.61 Å². The average Bonchev–Trinajstić information content (AvgIpc) is 3.45. The van der Waals surface area contributed by atoms with E-state index in [9.17, 15) is 4.79 Å². The summed E-state index contributed by atoms with van der Waals surface area (Å²) in [4.78, 5) is 12.5. The molecular formula is C25H33ClN2O2. The summed E-state index contributed by atoms with van der Waals surface area (Å²) in [7, 11) is 0. The quantitative estimate of drug-likeness (QED) is 0.589. The first-order valence-electron chi connectivity index (χ1n) is 11.0. The summed E-state index contributed by atoms with van der Waals surface area (Å²) in [6.45, 7) is 3.53. The summed E-state index contributed by atoms with van der Waals surface area (Å²) in [5, 5.41) is 6.55. The fourth-order valence-electron chi connectivity index (χ4n) is 4.55. The molecule has 2 aromatic carbocycles. The molecule has 4 nitrogen and oxygen atoms in total. The molecule has 30 heavy (non-hydrogen) atoms. The third-order valence-electron chi connectivity index (χ3n) is 6.44. The number of aryl methyl sites for hydroxylation is 1. The van der Waals surface area contributed by atoms with E-state index < -0.39 is 0 Å². The Kier molecular flexibility index (Phi) is 8.17. The van der Waals surface area contributed by atoms with Crippen molar-refractivity contribution in [1.82, 2.24) is 10.6 Å². The lowest BCUT2D eigenvalue weighted by Gasteiger charge is -2.23. The van der Waals surface area contributed by atoms with Gasteiger partial charge in [-0.05, 0) is 80.3 Å². The molecule has 1 amide bonds. The van der Waals surface area contributed by atoms with Crippen molar-refractivity contribution in [2.45, 2.75) is 38.5 Å². The third kappa shape index (κ3) is 5.99. The van der Waals surface area contributed by atoms with Gasteiger partial charge in [-0.2, -0.15) is 0 Å². The Hall–Kier alpha value is -2.04. The van der Waals surface area contributed by atoms with E-state index in [-0.39, 0.29) is 24.2 Å². The molecule has 4 rings (SSSR count). The topological polar surface area (TPSA) is 50.4 Å². The molecular weight excluding hydrogens is 396 g/mol. The maximum absolute atomic E-state index is 12.5. The van der Waals surface area contributed by atoms with E-state index in [0.717, 1.165) is 57.4 Å². The highest BCUT2D eigenvalue weighted by atomic mass is 35.5. The average molecular weight is 429 g/mol. The number of benzene rings is 2. The van der Waals surface area contributed by atoms with Crippen LogP contribution in [0.4, 0.5) is 0 Å². The zero-order valence-electron chi connectivity index (χ0n) is 17.6. The number of hydrogen-bond donors (Lipinski definition) is 2. The molecule has 1 atom stereocenters. The Morgan fingerprint density at radius 1 is 1.03 bits per heavy atom. The number of amides is 1. The molecule has 1 spiro atoms. The number of carbonyl (C=O) groups is 1. The van der Waals surface area contributed by atoms with Crippen LogP contribution < -0.4 is 15.4 Å². The maximum atomic E-state index is 12.5. The van der Waals surface area contributed by atoms with E-state index >= 15 is 0 Å². The second-order valence-corrected chi connectivity index (χ2v) is 8.50. The highest BCUT2D eigenvalue weighted by molar-refractivity contribution is 5.85. The highest BCUT2D eigenvalue weighted by Crippen LogP contribution is 2.58. The Labute approximate surface area is 186 Å². The minimum atomic E-state index is 0. The normalized spacial score (nSPS) is 19.0. The van der Waals surface area contributed by atoms with Crippen molar-refractivity contribution >= 4 is 18.3 Å². The molecule has 2 N–H and O–H groups in total. The number of ether oxygens (including phenoxy) is 1. The second kappa shape index (κ2) is 10.8. The molecule has 5 heteroatoms. The van der Waals surface area contributed by atoms with Gasteiger partial charge < -0.3 is 15.4 Å². The van der Waals surface area contributed by atoms with E-state index in [4.69, 9.17) is 4.74 Å². The molecule has 1 unspecified atom stereocenters. The number of carbonyl (C=O) groups excluding carboxylic acids is 1. The molecule has 2 aliphatic rings. The van der Waals surface area contributed by atoms with E-state index in [2.05, 4.69) is 47.0 Å². The van der Waals surface area contributed by atoms with Crippen molar-refractivity contribution in [3.05, 3.63) is 65.7 Å². The van der Waals surface area contributed by atoms with Gasteiger partial charge in [-0.25, -0.2) is 0 Å². The van der Waals surface area contributed by atoms with Gasteiger partial charge in [0.25, 0.3) is 0 Å². The van der Waals surface area contributed by atoms with Gasteiger partial charge >= 0.3 is 0 Å². The maximum Gasteiger partial charge on any atom is 0.223 e. The van der Waals surface area contributed by atoms with Crippen LogP contribution >= 0.6 is 12.4 Å². The standard InChI is InChI=1S/C25H32N2O2.ClH/c28-24(23-19-25(23)12-15-26-16-13-25)27-14-11-21-8-4-10-22(18-21)29-17-5-9-20-6-2-1-3-7-20;/h1-4,6-8,10,18,23,26H,5,9,11-17,19H2,(H,27,28);1H. The lowest BCUT2D eigenvalue weighted by atomic mass is 9.92. The summed E-state index contributed by atoms with van der Waals surface area (Å²) < 4.78 is 5.93. The molecule has 1 saturated carbocycles. The molecule has 0 aromatic heterocycles. The van der Waals surface area contributed by atoms with Gasteiger partial charge in [-0.3, -0.25) is 4.79 Å². The van der Waals surface area contributed by atoms with Crippen LogP contribution in [0.1, 0.15) is 36.8 Å². The Balaban J connectivity index is 0.00000256. The Morgan fingerprint density at radius 3 is 2.60 bits per heavy atom. The number of hydrogen-bond acceptors (Lipinski definition) is 3. The predicted octanol–water partition coefficient (Wildman–Crippen LogP) is 4.17. The van der Waals surface area contributed by atoms with Crippen molar-refractivity contribution in [1.29, 1.82) is 0 Å². The minimum absolute atomic E-state index is 0. The van der Waals surface area contributed by atoms with Gasteiger partial charge in [0.15, 0.2) is 0 Å². The lowest BCUT2D eigenvalue weighted by Crippen LogP contribution is -2.34. The fraction of sp³-hybridized carbons (Fsp3) is 0.480. The summed E-state index contributed by atoms with van der Waals surface area (Å²) in [5.74, 6) is 1.40. The van der Waals surface area contributed by atoms with Crippen LogP contribution in [0.15, 0.2) is 54.6 Å². The summed E-state index contributed by atoms with van der Waals surface area (Å²) in [6.07, 6.45) is 6.25. The molecule has 1 aliphatic carbocycles. The number of halogens is 1. The SMILES string of the molecule is Cl.O=C(NCCc1cccc(OCCCc2ccccc2)c1)C1CC12CCNCC2. The largest absolute Gasteiger partial charge is 0.494 e. The molecule has 2 aromatic rings. The zero-order chi connectivity index (χ0) is 19.9. The van der Waals surface area contributed by atoms with Crippen molar-refractivity contribution in [2.75, 3.05) is 26.2 Å². The van der Waals surface area contributed by atoms with Gasteiger partial charge in [-0.15, -0.1) is 12.4 Å². The van der Waals surface area contributed by atoms with Gasteiger partial charge in [0.1, 0.15) is 5.75 Å².